The molecule has 2 N–H and O–H groups in total. The smallest absolute Gasteiger partial charge is 0.319 e. The molecule has 1 aromatic heterocycles. The normalized spacial score (nSPS) is 26.7. The fourth-order valence-corrected chi connectivity index (χ4v) is 7.98. The molecule has 0 aliphatic carbocycles. The van der Waals surface area contributed by atoms with Crippen molar-refractivity contribution in [1.82, 2.24) is 20.2 Å². The molecule has 5 aliphatic rings. The Kier molecular flexibility index (Phi) is 6.21. The van der Waals surface area contributed by atoms with E-state index in [9.17, 15) is 9.50 Å². The molecule has 0 radical (unpaired) electrons. The standard InChI is InChI=1S/C34H33F2N5O2/c1-2-20-5-3-6-21-13-25(42)14-28(29(20)21)26-9-10-27-31(30(26)36)38-33(39-32(27)41-18-23-7-8-24(41)16-37-23)43-19-34-11-4-12-40(34)17-22(35)15-34/h1,3,5-6,9-10,13-14,22-24,37,42H,4,7-8,11-12,15-19H2/t22-,23-,24-,34+/m1/s1. The van der Waals surface area contributed by atoms with Crippen LogP contribution in [0.2, 0.25) is 0 Å². The molecule has 7 nitrogen and oxygen atoms in total. The maximum atomic E-state index is 16.8. The Hall–Kier alpha value is -4.00. The van der Waals surface area contributed by atoms with E-state index >= 15 is 4.39 Å². The lowest BCUT2D eigenvalue weighted by atomic mass is 9.92. The highest BCUT2D eigenvalue weighted by Gasteiger charge is 2.49. The zero-order valence-corrected chi connectivity index (χ0v) is 23.8. The summed E-state index contributed by atoms with van der Waals surface area (Å²) in [6.07, 6.45) is 9.36. The summed E-state index contributed by atoms with van der Waals surface area (Å²) in [5, 5.41) is 16.2. The Labute approximate surface area is 248 Å². The van der Waals surface area contributed by atoms with E-state index < -0.39 is 12.0 Å². The summed E-state index contributed by atoms with van der Waals surface area (Å²) < 4.78 is 37.5. The number of nitrogens with zero attached hydrogens (tertiary/aromatic N) is 4. The molecule has 3 aromatic carbocycles. The van der Waals surface area contributed by atoms with Gasteiger partial charge in [-0.15, -0.1) is 6.42 Å². The number of terminal acetylenes is 1. The zero-order valence-electron chi connectivity index (χ0n) is 23.8. The first kappa shape index (κ1) is 26.6. The molecule has 2 bridgehead atoms. The van der Waals surface area contributed by atoms with Gasteiger partial charge in [-0.25, -0.2) is 8.78 Å². The van der Waals surface area contributed by atoms with Crippen LogP contribution in [-0.2, 0) is 0 Å². The van der Waals surface area contributed by atoms with Gasteiger partial charge in [0.1, 0.15) is 29.9 Å². The number of piperidine rings is 2. The number of fused-ring (bicyclic) bond motifs is 6. The zero-order chi connectivity index (χ0) is 29.3. The van der Waals surface area contributed by atoms with E-state index in [0.29, 0.717) is 46.7 Å². The van der Waals surface area contributed by atoms with E-state index in [-0.39, 0.29) is 41.0 Å². The lowest BCUT2D eigenvalue weighted by Gasteiger charge is -2.46. The number of anilines is 1. The number of hydrogen-bond acceptors (Lipinski definition) is 7. The molecule has 0 saturated carbocycles. The van der Waals surface area contributed by atoms with Gasteiger partial charge in [0.15, 0.2) is 5.82 Å². The highest BCUT2D eigenvalue weighted by atomic mass is 19.1. The molecule has 0 spiro atoms. The van der Waals surface area contributed by atoms with Crippen LogP contribution in [0.15, 0.2) is 42.5 Å². The molecular formula is C34H33F2N5O2. The van der Waals surface area contributed by atoms with Crippen molar-refractivity contribution in [1.29, 1.82) is 0 Å². The lowest BCUT2D eigenvalue weighted by Crippen LogP contribution is -2.61. The Morgan fingerprint density at radius 3 is 2.84 bits per heavy atom. The molecule has 220 valence electrons. The Bertz CT molecular complexity index is 1800. The average molecular weight is 582 g/mol. The van der Waals surface area contributed by atoms with Crippen molar-refractivity contribution in [3.05, 3.63) is 53.8 Å². The summed E-state index contributed by atoms with van der Waals surface area (Å²) in [7, 11) is 0. The van der Waals surface area contributed by atoms with Gasteiger partial charge in [-0.1, -0.05) is 24.1 Å². The molecule has 4 atom stereocenters. The summed E-state index contributed by atoms with van der Waals surface area (Å²) in [4.78, 5) is 14.0. The van der Waals surface area contributed by atoms with Gasteiger partial charge >= 0.3 is 6.01 Å². The fraction of sp³-hybridized carbons (Fsp3) is 0.412. The average Bonchev–Trinajstić information content (AvgIpc) is 3.55. The number of alkyl halides is 1. The SMILES string of the molecule is C#Cc1cccc2cc(O)cc(-c3ccc4c(N5C[C@H]6CC[C@@H]5CN6)nc(OC[C@@]56CCCN5C[C@H](F)C6)nc4c3F)c12. The van der Waals surface area contributed by atoms with Crippen molar-refractivity contribution in [3.8, 4) is 35.2 Å². The molecule has 0 amide bonds. The van der Waals surface area contributed by atoms with E-state index in [1.54, 1.807) is 18.2 Å². The third-order valence-electron chi connectivity index (χ3n) is 10.0. The molecule has 9 heteroatoms. The molecular weight excluding hydrogens is 548 g/mol. The molecule has 5 aliphatic heterocycles. The first-order valence-electron chi connectivity index (χ1n) is 15.2. The van der Waals surface area contributed by atoms with E-state index in [4.69, 9.17) is 16.1 Å². The van der Waals surface area contributed by atoms with Crippen LogP contribution in [0.5, 0.6) is 11.8 Å². The summed E-state index contributed by atoms with van der Waals surface area (Å²) in [6.45, 7) is 3.14. The van der Waals surface area contributed by atoms with Crippen molar-refractivity contribution < 1.29 is 18.6 Å². The summed E-state index contributed by atoms with van der Waals surface area (Å²) in [6, 6.07) is 12.9. The van der Waals surface area contributed by atoms with Crippen LogP contribution >= 0.6 is 0 Å². The van der Waals surface area contributed by atoms with Gasteiger partial charge in [0.25, 0.3) is 0 Å². The highest BCUT2D eigenvalue weighted by Crippen LogP contribution is 2.42. The number of aromatic hydroxyl groups is 1. The number of halogens is 2. The number of benzene rings is 3. The van der Waals surface area contributed by atoms with Crippen LogP contribution in [0.3, 0.4) is 0 Å². The van der Waals surface area contributed by atoms with Gasteiger partial charge in [0.05, 0.1) is 5.54 Å². The molecule has 6 heterocycles. The molecule has 5 saturated heterocycles. The second-order valence-electron chi connectivity index (χ2n) is 12.5. The Morgan fingerprint density at radius 1 is 1.14 bits per heavy atom. The van der Waals surface area contributed by atoms with Crippen molar-refractivity contribution in [2.75, 3.05) is 37.7 Å². The highest BCUT2D eigenvalue weighted by molar-refractivity contribution is 6.04. The van der Waals surface area contributed by atoms with Crippen molar-refractivity contribution in [2.45, 2.75) is 55.9 Å². The van der Waals surface area contributed by atoms with E-state index in [0.717, 1.165) is 50.7 Å². The summed E-state index contributed by atoms with van der Waals surface area (Å²) in [5.74, 6) is 2.84. The quantitative estimate of drug-likeness (QED) is 0.315. The van der Waals surface area contributed by atoms with Gasteiger partial charge < -0.3 is 20.1 Å². The molecule has 43 heavy (non-hydrogen) atoms. The number of ether oxygens (including phenoxy) is 1. The molecule has 4 aromatic rings. The lowest BCUT2D eigenvalue weighted by molar-refractivity contribution is 0.107. The fourth-order valence-electron chi connectivity index (χ4n) is 7.98. The van der Waals surface area contributed by atoms with Crippen LogP contribution in [0.1, 0.15) is 37.7 Å². The minimum atomic E-state index is -0.876. The number of phenols is 1. The first-order valence-corrected chi connectivity index (χ1v) is 15.2. The number of aromatic nitrogens is 2. The van der Waals surface area contributed by atoms with Crippen LogP contribution in [-0.4, -0.2) is 76.6 Å². The monoisotopic (exact) mass is 581 g/mol. The molecule has 9 rings (SSSR count). The second kappa shape index (κ2) is 10.0. The number of phenolic OH excluding ortho intramolecular Hbond substituents is 1. The van der Waals surface area contributed by atoms with Crippen molar-refractivity contribution in [2.24, 2.45) is 0 Å². The minimum absolute atomic E-state index is 0.0171. The van der Waals surface area contributed by atoms with Gasteiger partial charge in [-0.2, -0.15) is 9.97 Å². The van der Waals surface area contributed by atoms with Crippen molar-refractivity contribution in [3.63, 3.8) is 0 Å². The topological polar surface area (TPSA) is 73.8 Å². The maximum absolute atomic E-state index is 16.8. The summed E-state index contributed by atoms with van der Waals surface area (Å²) in [5.41, 5.74) is 1.16. The Morgan fingerprint density at radius 2 is 2.05 bits per heavy atom. The van der Waals surface area contributed by atoms with Gasteiger partial charge in [0, 0.05) is 60.0 Å². The van der Waals surface area contributed by atoms with Crippen LogP contribution in [0.4, 0.5) is 14.6 Å². The molecule has 0 unspecified atom stereocenters. The number of piperazine rings is 1. The van der Waals surface area contributed by atoms with Crippen LogP contribution in [0, 0.1) is 18.2 Å². The van der Waals surface area contributed by atoms with Gasteiger partial charge in [-0.05, 0) is 67.4 Å². The minimum Gasteiger partial charge on any atom is -0.508 e. The van der Waals surface area contributed by atoms with Crippen molar-refractivity contribution >= 4 is 27.5 Å². The second-order valence-corrected chi connectivity index (χ2v) is 12.5. The van der Waals surface area contributed by atoms with Crippen LogP contribution < -0.4 is 15.0 Å². The molecule has 5 fully saturated rings. The van der Waals surface area contributed by atoms with Gasteiger partial charge in [-0.3, -0.25) is 4.90 Å². The number of rotatable bonds is 5. The van der Waals surface area contributed by atoms with E-state index in [1.807, 2.05) is 24.3 Å². The van der Waals surface area contributed by atoms with E-state index in [1.165, 1.54) is 0 Å². The first-order chi connectivity index (χ1) is 20.9. The third kappa shape index (κ3) is 4.30. The third-order valence-corrected chi connectivity index (χ3v) is 10.0. The maximum Gasteiger partial charge on any atom is 0.319 e. The Balaban J connectivity index is 1.28. The predicted octanol–water partition coefficient (Wildman–Crippen LogP) is 5.17. The number of nitrogens with one attached hydrogen (secondary N) is 1. The largest absolute Gasteiger partial charge is 0.508 e. The summed E-state index contributed by atoms with van der Waals surface area (Å²) >= 11 is 0. The predicted molar refractivity (Wildman–Crippen MR) is 163 cm³/mol. The van der Waals surface area contributed by atoms with Crippen LogP contribution in [0.25, 0.3) is 32.8 Å². The number of hydrogen-bond donors (Lipinski definition) is 2. The van der Waals surface area contributed by atoms with Gasteiger partial charge in [0.2, 0.25) is 0 Å². The van der Waals surface area contributed by atoms with E-state index in [2.05, 4.69) is 26.0 Å².